The monoisotopic (exact) mass is 418 g/mol. The molecular formula is C24H26N4O3. The lowest BCUT2D eigenvalue weighted by atomic mass is 10.1. The number of fused-ring (bicyclic) bond motifs is 1. The van der Waals surface area contributed by atoms with Gasteiger partial charge >= 0.3 is 6.03 Å². The van der Waals surface area contributed by atoms with Gasteiger partial charge in [0.05, 0.1) is 13.0 Å². The van der Waals surface area contributed by atoms with Crippen LogP contribution < -0.4 is 10.6 Å². The average Bonchev–Trinajstić information content (AvgIpc) is 3.23. The Kier molecular flexibility index (Phi) is 5.75. The Morgan fingerprint density at radius 3 is 2.61 bits per heavy atom. The number of nitrogens with one attached hydrogen (secondary N) is 2. The number of aromatic nitrogens is 1. The van der Waals surface area contributed by atoms with Crippen LogP contribution in [-0.2, 0) is 22.7 Å². The van der Waals surface area contributed by atoms with Crippen molar-refractivity contribution in [3.05, 3.63) is 66.4 Å². The first-order valence-electron chi connectivity index (χ1n) is 10.5. The summed E-state index contributed by atoms with van der Waals surface area (Å²) in [5, 5.41) is 6.50. The van der Waals surface area contributed by atoms with Crippen LogP contribution in [0.15, 0.2) is 60.8 Å². The number of carbonyl (C=O) groups is 3. The molecule has 0 saturated carbocycles. The third kappa shape index (κ3) is 4.60. The van der Waals surface area contributed by atoms with Crippen molar-refractivity contribution in [2.75, 3.05) is 5.32 Å². The van der Waals surface area contributed by atoms with Crippen LogP contribution in [0.5, 0.6) is 0 Å². The number of hydrogen-bond acceptors (Lipinski definition) is 3. The highest BCUT2D eigenvalue weighted by Crippen LogP contribution is 2.22. The highest BCUT2D eigenvalue weighted by molar-refractivity contribution is 6.07. The number of anilines is 1. The molecule has 160 valence electrons. The SMILES string of the molecule is CC(C)Cn1ccc2cc(NC(=O)C[C@H]3NC(=O)N(Cc4ccccc4)C3=O)ccc21. The number of carbonyl (C=O) groups excluding carboxylic acids is 3. The molecule has 4 rings (SSSR count). The molecule has 4 amide bonds. The van der Waals surface area contributed by atoms with Gasteiger partial charge in [0.1, 0.15) is 6.04 Å². The molecule has 0 spiro atoms. The van der Waals surface area contributed by atoms with Gasteiger partial charge in [0.15, 0.2) is 0 Å². The lowest BCUT2D eigenvalue weighted by Crippen LogP contribution is -2.34. The lowest BCUT2D eigenvalue weighted by molar-refractivity contribution is -0.130. The Labute approximate surface area is 181 Å². The summed E-state index contributed by atoms with van der Waals surface area (Å²) in [6, 6.07) is 15.7. The smallest absolute Gasteiger partial charge is 0.325 e. The van der Waals surface area contributed by atoms with Gasteiger partial charge in [-0.1, -0.05) is 44.2 Å². The molecular weight excluding hydrogens is 392 g/mol. The largest absolute Gasteiger partial charge is 0.347 e. The first kappa shape index (κ1) is 20.7. The van der Waals surface area contributed by atoms with Gasteiger partial charge in [-0.2, -0.15) is 0 Å². The quantitative estimate of drug-likeness (QED) is 0.573. The average molecular weight is 418 g/mol. The van der Waals surface area contributed by atoms with E-state index >= 15 is 0 Å². The van der Waals surface area contributed by atoms with E-state index in [0.717, 1.165) is 27.9 Å². The molecule has 2 heterocycles. The predicted octanol–water partition coefficient (Wildman–Crippen LogP) is 3.75. The summed E-state index contributed by atoms with van der Waals surface area (Å²) < 4.78 is 2.19. The Hall–Kier alpha value is -3.61. The molecule has 1 aromatic heterocycles. The molecule has 31 heavy (non-hydrogen) atoms. The Bertz CT molecular complexity index is 1120. The van der Waals surface area contributed by atoms with Crippen LogP contribution in [0, 0.1) is 5.92 Å². The second-order valence-corrected chi connectivity index (χ2v) is 8.30. The fraction of sp³-hybridized carbons (Fsp3) is 0.292. The maximum Gasteiger partial charge on any atom is 0.325 e. The summed E-state index contributed by atoms with van der Waals surface area (Å²) in [5.41, 5.74) is 2.63. The van der Waals surface area contributed by atoms with Gasteiger partial charge < -0.3 is 15.2 Å². The summed E-state index contributed by atoms with van der Waals surface area (Å²) in [5.74, 6) is -0.165. The fourth-order valence-electron chi connectivity index (χ4n) is 3.86. The number of benzene rings is 2. The number of imide groups is 1. The molecule has 0 bridgehead atoms. The third-order valence-corrected chi connectivity index (χ3v) is 5.30. The van der Waals surface area contributed by atoms with Gasteiger partial charge in [-0.25, -0.2) is 4.79 Å². The zero-order chi connectivity index (χ0) is 22.0. The summed E-state index contributed by atoms with van der Waals surface area (Å²) in [4.78, 5) is 38.5. The lowest BCUT2D eigenvalue weighted by Gasteiger charge is -2.13. The molecule has 1 fully saturated rings. The first-order chi connectivity index (χ1) is 14.9. The number of rotatable bonds is 7. The van der Waals surface area contributed by atoms with E-state index in [-0.39, 0.29) is 24.8 Å². The van der Waals surface area contributed by atoms with E-state index in [1.807, 2.05) is 60.8 Å². The van der Waals surface area contributed by atoms with Crippen molar-refractivity contribution in [3.63, 3.8) is 0 Å². The molecule has 3 aromatic rings. The van der Waals surface area contributed by atoms with Crippen LogP contribution in [0.1, 0.15) is 25.8 Å². The van der Waals surface area contributed by atoms with E-state index < -0.39 is 12.1 Å². The van der Waals surface area contributed by atoms with Gasteiger partial charge in [-0.15, -0.1) is 0 Å². The fourth-order valence-corrected chi connectivity index (χ4v) is 3.86. The second kappa shape index (κ2) is 8.63. The van der Waals surface area contributed by atoms with Gasteiger partial charge in [0.2, 0.25) is 5.91 Å². The van der Waals surface area contributed by atoms with Crippen molar-refractivity contribution < 1.29 is 14.4 Å². The third-order valence-electron chi connectivity index (χ3n) is 5.30. The highest BCUT2D eigenvalue weighted by atomic mass is 16.2. The number of hydrogen-bond donors (Lipinski definition) is 2. The summed E-state index contributed by atoms with van der Waals surface area (Å²) in [7, 11) is 0. The molecule has 1 aliphatic rings. The van der Waals surface area contributed by atoms with Gasteiger partial charge in [-0.3, -0.25) is 14.5 Å². The topological polar surface area (TPSA) is 83.4 Å². The standard InChI is InChI=1S/C24H26N4O3/c1-16(2)14-27-11-10-18-12-19(8-9-21(18)27)25-22(29)13-20-23(30)28(24(31)26-20)15-17-6-4-3-5-7-17/h3-12,16,20H,13-15H2,1-2H3,(H,25,29)(H,26,31)/t20-/m1/s1. The Morgan fingerprint density at radius 2 is 1.87 bits per heavy atom. The normalized spacial score (nSPS) is 16.2. The van der Waals surface area contributed by atoms with E-state index in [1.165, 1.54) is 0 Å². The predicted molar refractivity (Wildman–Crippen MR) is 119 cm³/mol. The summed E-state index contributed by atoms with van der Waals surface area (Å²) >= 11 is 0. The molecule has 7 nitrogen and oxygen atoms in total. The minimum atomic E-state index is -0.855. The minimum Gasteiger partial charge on any atom is -0.347 e. The Morgan fingerprint density at radius 1 is 1.10 bits per heavy atom. The van der Waals surface area contributed by atoms with Gasteiger partial charge in [0, 0.05) is 29.3 Å². The molecule has 0 unspecified atom stereocenters. The summed E-state index contributed by atoms with van der Waals surface area (Å²) in [6.07, 6.45) is 1.94. The van der Waals surface area contributed by atoms with Crippen molar-refractivity contribution in [1.82, 2.24) is 14.8 Å². The van der Waals surface area contributed by atoms with Crippen LogP contribution in [0.25, 0.3) is 10.9 Å². The molecule has 0 aliphatic carbocycles. The second-order valence-electron chi connectivity index (χ2n) is 8.30. The maximum atomic E-state index is 12.6. The van der Waals surface area contributed by atoms with Crippen molar-refractivity contribution in [3.8, 4) is 0 Å². The van der Waals surface area contributed by atoms with E-state index in [2.05, 4.69) is 29.0 Å². The van der Waals surface area contributed by atoms with E-state index in [4.69, 9.17) is 0 Å². The zero-order valence-electron chi connectivity index (χ0n) is 17.7. The first-order valence-corrected chi connectivity index (χ1v) is 10.5. The highest BCUT2D eigenvalue weighted by Gasteiger charge is 2.38. The molecule has 2 aromatic carbocycles. The van der Waals surface area contributed by atoms with E-state index in [1.54, 1.807) is 0 Å². The number of nitrogens with zero attached hydrogens (tertiary/aromatic N) is 2. The number of urea groups is 1. The molecule has 0 radical (unpaired) electrons. The molecule has 1 saturated heterocycles. The van der Waals surface area contributed by atoms with Crippen LogP contribution in [0.2, 0.25) is 0 Å². The van der Waals surface area contributed by atoms with Crippen LogP contribution in [-0.4, -0.2) is 33.4 Å². The van der Waals surface area contributed by atoms with E-state index in [9.17, 15) is 14.4 Å². The zero-order valence-corrected chi connectivity index (χ0v) is 17.7. The van der Waals surface area contributed by atoms with Gasteiger partial charge in [0.25, 0.3) is 5.91 Å². The van der Waals surface area contributed by atoms with Crippen molar-refractivity contribution >= 4 is 34.4 Å². The Balaban J connectivity index is 1.38. The molecule has 7 heteroatoms. The summed E-state index contributed by atoms with van der Waals surface area (Å²) in [6.45, 7) is 5.46. The molecule has 1 aliphatic heterocycles. The number of amides is 4. The van der Waals surface area contributed by atoms with Crippen molar-refractivity contribution in [2.45, 2.75) is 39.4 Å². The van der Waals surface area contributed by atoms with Crippen LogP contribution >= 0.6 is 0 Å². The molecule has 1 atom stereocenters. The maximum absolute atomic E-state index is 12.6. The molecule has 2 N–H and O–H groups in total. The van der Waals surface area contributed by atoms with Crippen LogP contribution in [0.3, 0.4) is 0 Å². The minimum absolute atomic E-state index is 0.109. The van der Waals surface area contributed by atoms with Crippen LogP contribution in [0.4, 0.5) is 10.5 Å². The van der Waals surface area contributed by atoms with Gasteiger partial charge in [-0.05, 0) is 35.7 Å². The van der Waals surface area contributed by atoms with Crippen molar-refractivity contribution in [2.24, 2.45) is 5.92 Å². The van der Waals surface area contributed by atoms with Crippen molar-refractivity contribution in [1.29, 1.82) is 0 Å². The van der Waals surface area contributed by atoms with E-state index in [0.29, 0.717) is 11.6 Å².